The predicted molar refractivity (Wildman–Crippen MR) is 251 cm³/mol. The van der Waals surface area contributed by atoms with Crippen LogP contribution in [-0.2, 0) is 60.2 Å². The van der Waals surface area contributed by atoms with Gasteiger partial charge in [0.05, 0.1) is 29.7 Å². The lowest BCUT2D eigenvalue weighted by Crippen LogP contribution is -2.60. The van der Waals surface area contributed by atoms with Gasteiger partial charge in [-0.2, -0.15) is 0 Å². The van der Waals surface area contributed by atoms with Crippen LogP contribution in [0, 0.1) is 30.6 Å². The van der Waals surface area contributed by atoms with Crippen LogP contribution in [0.1, 0.15) is 110 Å². The number of benzene rings is 1. The van der Waals surface area contributed by atoms with E-state index in [1.807, 2.05) is 51.1 Å². The minimum Gasteiger partial charge on any atom is -0.457 e. The van der Waals surface area contributed by atoms with E-state index in [0.717, 1.165) is 47.3 Å². The fraction of sp³-hybridized carbons (Fsp3) is 0.653. The van der Waals surface area contributed by atoms with Gasteiger partial charge >= 0.3 is 12.1 Å². The molecule has 2 N–H and O–H groups in total. The van der Waals surface area contributed by atoms with Gasteiger partial charge in [-0.15, -0.1) is 0 Å². The van der Waals surface area contributed by atoms with Gasteiger partial charge in [0.2, 0.25) is 23.6 Å². The third-order valence-corrected chi connectivity index (χ3v) is 16.9. The predicted octanol–water partition coefficient (Wildman–Crippen LogP) is 5.49. The molecule has 1 aromatic carbocycles. The van der Waals surface area contributed by atoms with Crippen molar-refractivity contribution in [2.45, 2.75) is 154 Å². The number of nitrogens with zero attached hydrogens (tertiary/aromatic N) is 3. The average Bonchev–Trinajstić information content (AvgIpc) is 3.91. The van der Waals surface area contributed by atoms with Crippen molar-refractivity contribution in [3.8, 4) is 0 Å². The molecular formula is C49H67ClN4O12S. The minimum absolute atomic E-state index is 0.0141. The second kappa shape index (κ2) is 21.0. The van der Waals surface area contributed by atoms with E-state index in [9.17, 15) is 42.9 Å². The van der Waals surface area contributed by atoms with Crippen LogP contribution < -0.4 is 10.2 Å². The maximum Gasteiger partial charge on any atom is 0.409 e. The molecule has 0 radical (unpaired) electrons. The Kier molecular flexibility index (Phi) is 16.3. The Morgan fingerprint density at radius 2 is 1.76 bits per heavy atom. The van der Waals surface area contributed by atoms with Crippen LogP contribution in [-0.4, -0.2) is 128 Å². The number of carbonyl (C=O) groups is 7. The lowest BCUT2D eigenvalue weighted by molar-refractivity contribution is -0.162. The van der Waals surface area contributed by atoms with E-state index in [1.54, 1.807) is 27.8 Å². The number of Topliss-reactive ketones (excluding diaryl/α,β-unsaturated/α-hetero) is 1. The molecule has 1 saturated carbocycles. The SMILES string of the molecule is CCC(=O)C1CCC(CN2C(=O)CC(S(=O)CCC(=O)N(C)[C@@H](C)C(=O)OC3CC(=O)N(C)c4cc(cc(C)c4Cl)C/C(C)=C/C=C/C(C)C4(O)CC(OC(=O)N4)C(C)C4OC34C)C2=O)CC1. The summed E-state index contributed by atoms with van der Waals surface area (Å²) >= 11 is 6.81. The quantitative estimate of drug-likeness (QED) is 0.160. The second-order valence-electron chi connectivity index (χ2n) is 19.6. The van der Waals surface area contributed by atoms with Gasteiger partial charge in [0, 0.05) is 74.2 Å². The summed E-state index contributed by atoms with van der Waals surface area (Å²) in [6.45, 7) is 12.6. The number of halogens is 1. The molecule has 0 spiro atoms. The van der Waals surface area contributed by atoms with Gasteiger partial charge < -0.3 is 29.1 Å². The molecule has 4 fully saturated rings. The number of ketones is 1. The fourth-order valence-corrected chi connectivity index (χ4v) is 11.5. The van der Waals surface area contributed by atoms with Gasteiger partial charge in [-0.25, -0.2) is 9.59 Å². The molecule has 3 saturated heterocycles. The van der Waals surface area contributed by atoms with E-state index in [0.29, 0.717) is 23.6 Å². The molecule has 1 aliphatic carbocycles. The normalized spacial score (nSPS) is 33.6. The van der Waals surface area contributed by atoms with Crippen LogP contribution in [0.25, 0.3) is 0 Å². The zero-order valence-corrected chi connectivity index (χ0v) is 41.7. The molecule has 4 aliphatic heterocycles. The molecule has 16 nitrogen and oxygen atoms in total. The highest BCUT2D eigenvalue weighted by Crippen LogP contribution is 2.49. The molecule has 368 valence electrons. The first-order valence-corrected chi connectivity index (χ1v) is 25.2. The Balaban J connectivity index is 1.15. The van der Waals surface area contributed by atoms with Gasteiger partial charge in [0.1, 0.15) is 40.6 Å². The largest absolute Gasteiger partial charge is 0.457 e. The number of fused-ring (bicyclic) bond motifs is 5. The molecule has 67 heavy (non-hydrogen) atoms. The van der Waals surface area contributed by atoms with Crippen molar-refractivity contribution in [3.05, 3.63) is 52.1 Å². The van der Waals surface area contributed by atoms with Crippen molar-refractivity contribution in [3.63, 3.8) is 0 Å². The molecule has 5 aliphatic rings. The summed E-state index contributed by atoms with van der Waals surface area (Å²) < 4.78 is 31.6. The van der Waals surface area contributed by atoms with Crippen molar-refractivity contribution in [1.82, 2.24) is 15.1 Å². The summed E-state index contributed by atoms with van der Waals surface area (Å²) in [7, 11) is 1.12. The number of amides is 5. The van der Waals surface area contributed by atoms with Gasteiger partial charge in [0.15, 0.2) is 0 Å². The lowest BCUT2D eigenvalue weighted by atomic mass is 9.79. The standard InChI is InChI=1S/C49H67ClN4O12S/c1-10-36(55)34-16-14-32(15-17-34)26-54-42(58)23-38(45(54)59)67(63)19-18-40(56)52(8)31(6)46(60)65-39-24-41(57)53(9)35-22-33(21-28(3)43(35)50)20-27(2)12-11-13-29(4)49(62)25-37(64-47(61)51-49)30(5)44-48(39,7)66-44/h11-13,21-22,29-32,34,37-39,44,62H,10,14-20,23-26H2,1-9H3,(H,51,61)/b13-11+,27-12+/t29?,30?,31-,32?,34?,37?,38?,39?,44?,48?,49?,67?/m0/s1. The number of ether oxygens (including phenoxy) is 3. The molecular weight excluding hydrogens is 904 g/mol. The van der Waals surface area contributed by atoms with Gasteiger partial charge in [-0.3, -0.25) is 38.4 Å². The first-order valence-electron chi connectivity index (χ1n) is 23.5. The highest BCUT2D eigenvalue weighted by molar-refractivity contribution is 7.86. The highest BCUT2D eigenvalue weighted by Gasteiger charge is 2.64. The fourth-order valence-electron chi connectivity index (χ4n) is 9.93. The van der Waals surface area contributed by atoms with E-state index >= 15 is 0 Å². The molecule has 18 heteroatoms. The number of esters is 1. The number of hydrogen-bond acceptors (Lipinski definition) is 12. The number of likely N-dealkylation sites (tertiary alicyclic amines) is 1. The third kappa shape index (κ3) is 11.5. The van der Waals surface area contributed by atoms with Crippen LogP contribution >= 0.6 is 11.6 Å². The zero-order valence-electron chi connectivity index (χ0n) is 40.1. The topological polar surface area (TPSA) is 210 Å². The number of aliphatic hydroxyl groups is 1. The number of epoxide rings is 1. The number of carbonyl (C=O) groups excluding carboxylic acids is 7. The van der Waals surface area contributed by atoms with Crippen LogP contribution in [0.2, 0.25) is 5.02 Å². The molecule has 6 rings (SSSR count). The van der Waals surface area contributed by atoms with Crippen molar-refractivity contribution >= 4 is 69.6 Å². The Hall–Kier alpha value is -4.45. The van der Waals surface area contributed by atoms with Crippen molar-refractivity contribution < 1.29 is 57.1 Å². The Morgan fingerprint density at radius 3 is 2.43 bits per heavy atom. The molecule has 0 aromatic heterocycles. The first-order chi connectivity index (χ1) is 31.5. The molecule has 4 bridgehead atoms. The lowest BCUT2D eigenvalue weighted by Gasteiger charge is -2.41. The molecule has 4 heterocycles. The second-order valence-corrected chi connectivity index (χ2v) is 21.7. The number of rotatable bonds is 11. The number of hydrogen-bond donors (Lipinski definition) is 2. The molecule has 5 amide bonds. The summed E-state index contributed by atoms with van der Waals surface area (Å²) in [5.41, 5.74) is 0.154. The van der Waals surface area contributed by atoms with Gasteiger partial charge in [-0.1, -0.05) is 62.2 Å². The number of imide groups is 1. The van der Waals surface area contributed by atoms with Crippen LogP contribution in [0.3, 0.4) is 0 Å². The Bertz CT molecular complexity index is 2230. The van der Waals surface area contributed by atoms with E-state index in [1.165, 1.54) is 23.8 Å². The molecule has 1 aromatic rings. The first kappa shape index (κ1) is 51.9. The van der Waals surface area contributed by atoms with Crippen molar-refractivity contribution in [2.75, 3.05) is 31.3 Å². The third-order valence-electron chi connectivity index (χ3n) is 14.8. The summed E-state index contributed by atoms with van der Waals surface area (Å²) in [5, 5.41) is 13.6. The number of anilines is 1. The number of likely N-dealkylation sites (N-methyl/N-ethyl adjacent to an activating group) is 1. The smallest absolute Gasteiger partial charge is 0.409 e. The highest BCUT2D eigenvalue weighted by atomic mass is 35.5. The molecule has 9 unspecified atom stereocenters. The van der Waals surface area contributed by atoms with Crippen LogP contribution in [0.15, 0.2) is 35.9 Å². The number of allylic oxidation sites excluding steroid dienone is 3. The van der Waals surface area contributed by atoms with Gasteiger partial charge in [0.25, 0.3) is 0 Å². The maximum absolute atomic E-state index is 14.3. The zero-order chi connectivity index (χ0) is 49.3. The molecule has 10 atom stereocenters. The van der Waals surface area contributed by atoms with Crippen molar-refractivity contribution in [2.24, 2.45) is 23.7 Å². The van der Waals surface area contributed by atoms with Crippen LogP contribution in [0.4, 0.5) is 10.5 Å². The Labute approximate surface area is 400 Å². The van der Waals surface area contributed by atoms with Crippen LogP contribution in [0.5, 0.6) is 0 Å². The maximum atomic E-state index is 14.3. The monoisotopic (exact) mass is 970 g/mol. The van der Waals surface area contributed by atoms with Crippen molar-refractivity contribution in [1.29, 1.82) is 0 Å². The average molecular weight is 972 g/mol. The van der Waals surface area contributed by atoms with E-state index in [4.69, 9.17) is 25.8 Å². The van der Waals surface area contributed by atoms with E-state index < -0.39 is 99.3 Å². The summed E-state index contributed by atoms with van der Waals surface area (Å²) in [6, 6.07) is 2.59. The minimum atomic E-state index is -1.86. The van der Waals surface area contributed by atoms with E-state index in [2.05, 4.69) is 5.32 Å². The Morgan fingerprint density at radius 1 is 1.07 bits per heavy atom. The summed E-state index contributed by atoms with van der Waals surface area (Å²) in [6.07, 6.45) is 5.08. The number of aryl methyl sites for hydroxylation is 1. The number of alkyl carbamates (subject to hydrolysis) is 1. The summed E-state index contributed by atoms with van der Waals surface area (Å²) in [4.78, 5) is 97.0. The summed E-state index contributed by atoms with van der Waals surface area (Å²) in [5.74, 6) is -3.74. The van der Waals surface area contributed by atoms with E-state index in [-0.39, 0.29) is 55.6 Å². The van der Waals surface area contributed by atoms with Gasteiger partial charge in [-0.05, 0) is 82.9 Å². The number of nitrogens with one attached hydrogen (secondary N) is 1.